The summed E-state index contributed by atoms with van der Waals surface area (Å²) < 4.78 is 12.4. The van der Waals surface area contributed by atoms with Crippen molar-refractivity contribution in [1.82, 2.24) is 0 Å². The van der Waals surface area contributed by atoms with Crippen LogP contribution in [0.5, 0.6) is 0 Å². The number of halogens is 1. The number of anilines is 1. The van der Waals surface area contributed by atoms with Gasteiger partial charge in [0.2, 0.25) is 0 Å². The van der Waals surface area contributed by atoms with Crippen LogP contribution in [0.15, 0.2) is 18.2 Å². The molecule has 100 valence electrons. The lowest BCUT2D eigenvalue weighted by Crippen LogP contribution is -2.56. The van der Waals surface area contributed by atoms with Gasteiger partial charge in [-0.3, -0.25) is 0 Å². The number of nitrogens with one attached hydrogen (secondary N) is 1. The molecule has 0 heterocycles. The fraction of sp³-hybridized carbons (Fsp3) is 0.571. The van der Waals surface area contributed by atoms with E-state index in [4.69, 9.17) is 9.47 Å². The van der Waals surface area contributed by atoms with Gasteiger partial charge < -0.3 is 14.8 Å². The third-order valence-electron chi connectivity index (χ3n) is 3.43. The lowest BCUT2D eigenvalue weighted by atomic mass is 9.85. The Morgan fingerprint density at radius 1 is 1.44 bits per heavy atom. The van der Waals surface area contributed by atoms with Gasteiger partial charge in [0.15, 0.2) is 0 Å². The molecule has 0 spiro atoms. The van der Waals surface area contributed by atoms with Crippen LogP contribution in [0.3, 0.4) is 0 Å². The fourth-order valence-electron chi connectivity index (χ4n) is 2.40. The van der Waals surface area contributed by atoms with Crippen LogP contribution < -0.4 is 5.32 Å². The fourth-order valence-corrected chi connectivity index (χ4v) is 3.05. The van der Waals surface area contributed by atoms with Gasteiger partial charge in [-0.25, -0.2) is 0 Å². The molecule has 1 aliphatic rings. The molecule has 1 aromatic rings. The second kappa shape index (κ2) is 6.21. The van der Waals surface area contributed by atoms with Crippen molar-refractivity contribution in [1.29, 1.82) is 0 Å². The van der Waals surface area contributed by atoms with Crippen LogP contribution >= 0.6 is 22.6 Å². The predicted octanol–water partition coefficient (Wildman–Crippen LogP) is 3.20. The highest BCUT2D eigenvalue weighted by Crippen LogP contribution is 2.31. The van der Waals surface area contributed by atoms with Crippen molar-refractivity contribution in [2.24, 2.45) is 0 Å². The summed E-state index contributed by atoms with van der Waals surface area (Å²) >= 11 is 2.33. The lowest BCUT2D eigenvalue weighted by molar-refractivity contribution is -0.118. The second-order valence-electron chi connectivity index (χ2n) is 4.64. The molecule has 1 fully saturated rings. The molecule has 3 atom stereocenters. The zero-order valence-corrected chi connectivity index (χ0v) is 13.2. The van der Waals surface area contributed by atoms with Crippen molar-refractivity contribution in [3.05, 3.63) is 27.3 Å². The van der Waals surface area contributed by atoms with Crippen molar-refractivity contribution in [2.45, 2.75) is 38.5 Å². The van der Waals surface area contributed by atoms with E-state index < -0.39 is 0 Å². The molecule has 0 bridgehead atoms. The summed E-state index contributed by atoms with van der Waals surface area (Å²) in [7, 11) is 1.76. The Labute approximate surface area is 122 Å². The van der Waals surface area contributed by atoms with Crippen LogP contribution in [0.1, 0.15) is 18.9 Å². The Morgan fingerprint density at radius 3 is 2.83 bits per heavy atom. The van der Waals surface area contributed by atoms with Crippen molar-refractivity contribution in [3.8, 4) is 0 Å². The number of benzene rings is 1. The smallest absolute Gasteiger partial charge is 0.103 e. The molecule has 4 heteroatoms. The van der Waals surface area contributed by atoms with Gasteiger partial charge in [0.1, 0.15) is 6.10 Å². The van der Waals surface area contributed by atoms with Gasteiger partial charge in [0, 0.05) is 23.0 Å². The number of aryl methyl sites for hydroxylation is 1. The first kappa shape index (κ1) is 14.1. The molecule has 0 saturated heterocycles. The van der Waals surface area contributed by atoms with Crippen molar-refractivity contribution < 1.29 is 9.47 Å². The molecular formula is C14H20INO2. The molecule has 0 aliphatic heterocycles. The topological polar surface area (TPSA) is 30.5 Å². The number of rotatable bonds is 5. The maximum Gasteiger partial charge on any atom is 0.103 e. The Bertz CT molecular complexity index is 411. The van der Waals surface area contributed by atoms with Gasteiger partial charge in [-0.05, 0) is 66.6 Å². The molecule has 3 unspecified atom stereocenters. The molecule has 1 aromatic carbocycles. The van der Waals surface area contributed by atoms with Gasteiger partial charge in [-0.15, -0.1) is 0 Å². The minimum atomic E-state index is 0.156. The zero-order valence-electron chi connectivity index (χ0n) is 11.1. The van der Waals surface area contributed by atoms with E-state index in [0.717, 1.165) is 13.0 Å². The largest absolute Gasteiger partial charge is 0.379 e. The Morgan fingerprint density at radius 2 is 2.22 bits per heavy atom. The summed E-state index contributed by atoms with van der Waals surface area (Å²) in [5, 5.41) is 3.55. The van der Waals surface area contributed by atoms with Crippen LogP contribution in [0.25, 0.3) is 0 Å². The van der Waals surface area contributed by atoms with E-state index in [1.807, 2.05) is 6.92 Å². The summed E-state index contributed by atoms with van der Waals surface area (Å²) in [4.78, 5) is 0. The highest BCUT2D eigenvalue weighted by Gasteiger charge is 2.42. The van der Waals surface area contributed by atoms with E-state index in [9.17, 15) is 0 Å². The lowest BCUT2D eigenvalue weighted by Gasteiger charge is -2.44. The number of hydrogen-bond donors (Lipinski definition) is 1. The first-order valence-electron chi connectivity index (χ1n) is 6.32. The van der Waals surface area contributed by atoms with E-state index in [0.29, 0.717) is 6.04 Å². The Hall–Kier alpha value is -0.330. The summed E-state index contributed by atoms with van der Waals surface area (Å²) in [6.45, 7) is 4.90. The van der Waals surface area contributed by atoms with Gasteiger partial charge in [0.25, 0.3) is 0 Å². The van der Waals surface area contributed by atoms with E-state index >= 15 is 0 Å². The third kappa shape index (κ3) is 2.97. The molecule has 3 nitrogen and oxygen atoms in total. The van der Waals surface area contributed by atoms with Gasteiger partial charge in [-0.1, -0.05) is 0 Å². The van der Waals surface area contributed by atoms with Gasteiger partial charge in [0.05, 0.1) is 12.1 Å². The average molecular weight is 361 g/mol. The number of ether oxygens (including phenoxy) is 2. The average Bonchev–Trinajstić information content (AvgIpc) is 2.31. The molecule has 0 amide bonds. The maximum absolute atomic E-state index is 5.63. The molecule has 1 aliphatic carbocycles. The van der Waals surface area contributed by atoms with Crippen LogP contribution in [-0.2, 0) is 9.47 Å². The first-order valence-corrected chi connectivity index (χ1v) is 7.40. The normalized spacial score (nSPS) is 26.8. The molecule has 1 saturated carbocycles. The maximum atomic E-state index is 5.63. The van der Waals surface area contributed by atoms with E-state index in [1.54, 1.807) is 7.11 Å². The summed E-state index contributed by atoms with van der Waals surface area (Å²) in [6.07, 6.45) is 1.41. The standard InChI is InChI=1S/C14H20INO2/c1-4-18-13-8-12(14(13)17-3)16-11-6-5-10(15)7-9(11)2/h5-7,12-14,16H,4,8H2,1-3H3. The molecule has 0 aromatic heterocycles. The minimum Gasteiger partial charge on any atom is -0.379 e. The molecule has 18 heavy (non-hydrogen) atoms. The van der Waals surface area contributed by atoms with Crippen molar-refractivity contribution in [2.75, 3.05) is 19.0 Å². The van der Waals surface area contributed by atoms with E-state index in [1.165, 1.54) is 14.8 Å². The molecule has 1 N–H and O–H groups in total. The molecule has 2 rings (SSSR count). The summed E-state index contributed by atoms with van der Waals surface area (Å²) in [6, 6.07) is 6.79. The monoisotopic (exact) mass is 361 g/mol. The summed E-state index contributed by atoms with van der Waals surface area (Å²) in [5.41, 5.74) is 2.47. The van der Waals surface area contributed by atoms with Crippen LogP contribution in [-0.4, -0.2) is 32.0 Å². The van der Waals surface area contributed by atoms with Crippen molar-refractivity contribution >= 4 is 28.3 Å². The first-order chi connectivity index (χ1) is 8.65. The van der Waals surface area contributed by atoms with Crippen LogP contribution in [0.2, 0.25) is 0 Å². The predicted molar refractivity (Wildman–Crippen MR) is 82.1 cm³/mol. The molecule has 0 radical (unpaired) electrons. The SMILES string of the molecule is CCOC1CC(Nc2ccc(I)cc2C)C1OC. The van der Waals surface area contributed by atoms with E-state index in [-0.39, 0.29) is 12.2 Å². The Balaban J connectivity index is 1.98. The summed E-state index contributed by atoms with van der Waals surface area (Å²) in [5.74, 6) is 0. The van der Waals surface area contributed by atoms with E-state index in [2.05, 4.69) is 53.0 Å². The Kier molecular flexibility index (Phi) is 4.86. The zero-order chi connectivity index (χ0) is 13.1. The highest BCUT2D eigenvalue weighted by atomic mass is 127. The third-order valence-corrected chi connectivity index (χ3v) is 4.10. The van der Waals surface area contributed by atoms with Gasteiger partial charge >= 0.3 is 0 Å². The minimum absolute atomic E-state index is 0.156. The highest BCUT2D eigenvalue weighted by molar-refractivity contribution is 14.1. The number of methoxy groups -OCH3 is 1. The molecular weight excluding hydrogens is 341 g/mol. The van der Waals surface area contributed by atoms with Gasteiger partial charge in [-0.2, -0.15) is 0 Å². The van der Waals surface area contributed by atoms with Crippen LogP contribution in [0.4, 0.5) is 5.69 Å². The number of hydrogen-bond acceptors (Lipinski definition) is 3. The second-order valence-corrected chi connectivity index (χ2v) is 5.89. The van der Waals surface area contributed by atoms with Crippen molar-refractivity contribution in [3.63, 3.8) is 0 Å². The van der Waals surface area contributed by atoms with Crippen LogP contribution in [0, 0.1) is 10.5 Å². The quantitative estimate of drug-likeness (QED) is 0.818.